The fourth-order valence-electron chi connectivity index (χ4n) is 2.43. The number of rotatable bonds is 9. The number of unbranched alkanes of at least 4 members (excludes halogenated alkanes) is 1. The van der Waals surface area contributed by atoms with Gasteiger partial charge in [-0.25, -0.2) is 15.0 Å². The largest absolute Gasteiger partial charge is 0.395 e. The number of anilines is 1. The van der Waals surface area contributed by atoms with Crippen LogP contribution in [0.2, 0.25) is 0 Å². The van der Waals surface area contributed by atoms with E-state index in [2.05, 4.69) is 26.8 Å². The summed E-state index contributed by atoms with van der Waals surface area (Å²) in [5, 5.41) is 19.4. The van der Waals surface area contributed by atoms with Gasteiger partial charge in [-0.2, -0.15) is 0 Å². The minimum absolute atomic E-state index is 0.0915. The van der Waals surface area contributed by atoms with E-state index in [1.807, 2.05) is 0 Å². The Labute approximate surface area is 129 Å². The molecule has 2 rings (SSSR count). The summed E-state index contributed by atoms with van der Waals surface area (Å²) in [4.78, 5) is 14.3. The molecule has 2 aromatic rings. The molecular weight excluding hydrogens is 284 g/mol. The van der Waals surface area contributed by atoms with Gasteiger partial charge in [0.25, 0.3) is 0 Å². The molecule has 0 aromatic carbocycles. The maximum absolute atomic E-state index is 10.3. The van der Waals surface area contributed by atoms with Gasteiger partial charge in [0.2, 0.25) is 0 Å². The second kappa shape index (κ2) is 8.02. The second-order valence-electron chi connectivity index (χ2n) is 5.36. The molecule has 0 saturated heterocycles. The monoisotopic (exact) mass is 308 g/mol. The van der Waals surface area contributed by atoms with Gasteiger partial charge in [-0.1, -0.05) is 13.3 Å². The molecule has 2 aromatic heterocycles. The third-order valence-electron chi connectivity index (χ3n) is 3.55. The minimum Gasteiger partial charge on any atom is -0.395 e. The van der Waals surface area contributed by atoms with Crippen LogP contribution in [0.3, 0.4) is 0 Å². The molecule has 4 N–H and O–H groups in total. The molecule has 1 atom stereocenters. The SMILES string of the molecule is CCCCN(CCO)C[C@H](O)Cn1cnc2c(N)ncnc21. The van der Waals surface area contributed by atoms with Gasteiger partial charge in [0.05, 0.1) is 25.6 Å². The van der Waals surface area contributed by atoms with E-state index in [4.69, 9.17) is 10.8 Å². The van der Waals surface area contributed by atoms with Crippen LogP contribution in [0.15, 0.2) is 12.7 Å². The molecular formula is C14H24N6O2. The highest BCUT2D eigenvalue weighted by Gasteiger charge is 2.14. The van der Waals surface area contributed by atoms with Crippen molar-refractivity contribution in [1.29, 1.82) is 0 Å². The summed E-state index contributed by atoms with van der Waals surface area (Å²) >= 11 is 0. The number of aliphatic hydroxyl groups is 2. The highest BCUT2D eigenvalue weighted by molar-refractivity contribution is 5.81. The Morgan fingerprint density at radius 2 is 2.14 bits per heavy atom. The minimum atomic E-state index is -0.572. The molecule has 0 saturated carbocycles. The average molecular weight is 308 g/mol. The molecule has 0 aliphatic rings. The molecule has 0 unspecified atom stereocenters. The molecule has 0 amide bonds. The summed E-state index contributed by atoms with van der Waals surface area (Å²) in [5.74, 6) is 0.336. The van der Waals surface area contributed by atoms with E-state index in [0.29, 0.717) is 36.6 Å². The standard InChI is InChI=1S/C14H24N6O2/c1-2-3-4-19(5-6-21)7-11(22)8-20-10-18-12-13(15)16-9-17-14(12)20/h9-11,21-22H,2-8H2,1H3,(H2,15,16,17)/t11-/m0/s1. The fraction of sp³-hybridized carbons (Fsp3) is 0.643. The molecule has 8 heteroatoms. The van der Waals surface area contributed by atoms with Crippen LogP contribution in [0.1, 0.15) is 19.8 Å². The summed E-state index contributed by atoms with van der Waals surface area (Å²) in [6.45, 7) is 4.52. The normalized spacial score (nSPS) is 13.1. The number of nitrogens with zero attached hydrogens (tertiary/aromatic N) is 5. The molecule has 0 bridgehead atoms. The lowest BCUT2D eigenvalue weighted by Gasteiger charge is -2.24. The number of fused-ring (bicyclic) bond motifs is 1. The third kappa shape index (κ3) is 4.12. The number of nitrogens with two attached hydrogens (primary N) is 1. The van der Waals surface area contributed by atoms with Crippen LogP contribution < -0.4 is 5.73 Å². The molecule has 0 aliphatic carbocycles. The first-order chi connectivity index (χ1) is 10.7. The van der Waals surface area contributed by atoms with Gasteiger partial charge in [-0.3, -0.25) is 4.90 Å². The first-order valence-corrected chi connectivity index (χ1v) is 7.58. The Kier molecular flexibility index (Phi) is 6.05. The van der Waals surface area contributed by atoms with E-state index < -0.39 is 6.10 Å². The Morgan fingerprint density at radius 3 is 2.86 bits per heavy atom. The van der Waals surface area contributed by atoms with E-state index in [-0.39, 0.29) is 6.61 Å². The second-order valence-corrected chi connectivity index (χ2v) is 5.36. The fourth-order valence-corrected chi connectivity index (χ4v) is 2.43. The highest BCUT2D eigenvalue weighted by Crippen LogP contribution is 2.14. The van der Waals surface area contributed by atoms with E-state index in [9.17, 15) is 5.11 Å². The van der Waals surface area contributed by atoms with Crippen molar-refractivity contribution in [3.05, 3.63) is 12.7 Å². The zero-order chi connectivity index (χ0) is 15.9. The number of aliphatic hydroxyl groups excluding tert-OH is 2. The molecule has 0 radical (unpaired) electrons. The van der Waals surface area contributed by atoms with Crippen LogP contribution in [0, 0.1) is 0 Å². The van der Waals surface area contributed by atoms with E-state index in [1.165, 1.54) is 6.33 Å². The molecule has 122 valence electrons. The van der Waals surface area contributed by atoms with Gasteiger partial charge in [-0.15, -0.1) is 0 Å². The number of nitrogen functional groups attached to an aromatic ring is 1. The van der Waals surface area contributed by atoms with Gasteiger partial charge in [0.15, 0.2) is 11.5 Å². The lowest BCUT2D eigenvalue weighted by Crippen LogP contribution is -2.37. The van der Waals surface area contributed by atoms with Crippen molar-refractivity contribution in [2.45, 2.75) is 32.4 Å². The Morgan fingerprint density at radius 1 is 1.32 bits per heavy atom. The molecule has 8 nitrogen and oxygen atoms in total. The molecule has 22 heavy (non-hydrogen) atoms. The van der Waals surface area contributed by atoms with Crippen LogP contribution in [-0.4, -0.2) is 67.0 Å². The highest BCUT2D eigenvalue weighted by atomic mass is 16.3. The molecule has 2 heterocycles. The van der Waals surface area contributed by atoms with Crippen LogP contribution in [0.25, 0.3) is 11.2 Å². The Balaban J connectivity index is 2.00. The van der Waals surface area contributed by atoms with E-state index in [1.54, 1.807) is 10.9 Å². The number of hydrogen-bond acceptors (Lipinski definition) is 7. The lowest BCUT2D eigenvalue weighted by molar-refractivity contribution is 0.0874. The third-order valence-corrected chi connectivity index (χ3v) is 3.55. The van der Waals surface area contributed by atoms with Crippen LogP contribution >= 0.6 is 0 Å². The maximum atomic E-state index is 10.3. The predicted octanol–water partition coefficient (Wildman–Crippen LogP) is -0.136. The number of imidazole rings is 1. The topological polar surface area (TPSA) is 113 Å². The maximum Gasteiger partial charge on any atom is 0.165 e. The quantitative estimate of drug-likeness (QED) is 0.591. The predicted molar refractivity (Wildman–Crippen MR) is 84.2 cm³/mol. The van der Waals surface area contributed by atoms with Crippen molar-refractivity contribution in [2.75, 3.05) is 32.0 Å². The van der Waals surface area contributed by atoms with Crippen molar-refractivity contribution in [3.8, 4) is 0 Å². The van der Waals surface area contributed by atoms with Crippen molar-refractivity contribution >= 4 is 17.0 Å². The van der Waals surface area contributed by atoms with Crippen molar-refractivity contribution < 1.29 is 10.2 Å². The van der Waals surface area contributed by atoms with Crippen LogP contribution in [0.5, 0.6) is 0 Å². The van der Waals surface area contributed by atoms with Crippen molar-refractivity contribution in [2.24, 2.45) is 0 Å². The number of hydrogen-bond donors (Lipinski definition) is 3. The molecule has 0 fully saturated rings. The van der Waals surface area contributed by atoms with Crippen LogP contribution in [0.4, 0.5) is 5.82 Å². The first kappa shape index (κ1) is 16.6. The van der Waals surface area contributed by atoms with Gasteiger partial charge in [0.1, 0.15) is 11.8 Å². The summed E-state index contributed by atoms with van der Waals surface area (Å²) in [6, 6.07) is 0. The van der Waals surface area contributed by atoms with Crippen LogP contribution in [-0.2, 0) is 6.54 Å². The van der Waals surface area contributed by atoms with E-state index in [0.717, 1.165) is 19.4 Å². The van der Waals surface area contributed by atoms with Gasteiger partial charge >= 0.3 is 0 Å². The first-order valence-electron chi connectivity index (χ1n) is 7.58. The Hall–Kier alpha value is -1.77. The smallest absolute Gasteiger partial charge is 0.165 e. The van der Waals surface area contributed by atoms with Crippen molar-refractivity contribution in [3.63, 3.8) is 0 Å². The number of aromatic nitrogens is 4. The molecule has 0 aliphatic heterocycles. The van der Waals surface area contributed by atoms with Gasteiger partial charge in [-0.05, 0) is 13.0 Å². The van der Waals surface area contributed by atoms with Gasteiger partial charge in [0, 0.05) is 13.1 Å². The van der Waals surface area contributed by atoms with E-state index >= 15 is 0 Å². The Bertz CT molecular complexity index is 588. The zero-order valence-electron chi connectivity index (χ0n) is 12.9. The van der Waals surface area contributed by atoms with Gasteiger partial charge < -0.3 is 20.5 Å². The summed E-state index contributed by atoms with van der Waals surface area (Å²) in [6.07, 6.45) is 4.56. The lowest BCUT2D eigenvalue weighted by atomic mass is 10.2. The zero-order valence-corrected chi connectivity index (χ0v) is 12.9. The summed E-state index contributed by atoms with van der Waals surface area (Å²) in [7, 11) is 0. The average Bonchev–Trinajstić information content (AvgIpc) is 2.89. The summed E-state index contributed by atoms with van der Waals surface area (Å²) in [5.41, 5.74) is 6.92. The summed E-state index contributed by atoms with van der Waals surface area (Å²) < 4.78 is 1.77. The van der Waals surface area contributed by atoms with Crippen molar-refractivity contribution in [1.82, 2.24) is 24.4 Å². The molecule has 0 spiro atoms.